The van der Waals surface area contributed by atoms with Crippen LogP contribution < -0.4 is 10.5 Å². The zero-order valence-corrected chi connectivity index (χ0v) is 16.2. The lowest BCUT2D eigenvalue weighted by Crippen LogP contribution is -2.42. The SMILES string of the molecule is CC(C)(C)OC(=O)N1CCC(Cn2cc(Oc3ccccc3N)cn2)CC1. The van der Waals surface area contributed by atoms with E-state index in [-0.39, 0.29) is 6.09 Å². The van der Waals surface area contributed by atoms with Gasteiger partial charge in [0, 0.05) is 19.6 Å². The molecule has 0 atom stereocenters. The number of aromatic nitrogens is 2. The zero-order valence-electron chi connectivity index (χ0n) is 16.2. The van der Waals surface area contributed by atoms with Crippen molar-refractivity contribution in [2.24, 2.45) is 5.92 Å². The topological polar surface area (TPSA) is 82.6 Å². The highest BCUT2D eigenvalue weighted by Crippen LogP contribution is 2.27. The van der Waals surface area contributed by atoms with Crippen molar-refractivity contribution in [1.82, 2.24) is 14.7 Å². The van der Waals surface area contributed by atoms with E-state index in [1.807, 2.05) is 49.8 Å². The largest absolute Gasteiger partial charge is 0.452 e. The van der Waals surface area contributed by atoms with Crippen LogP contribution in [0.4, 0.5) is 10.5 Å². The van der Waals surface area contributed by atoms with Crippen molar-refractivity contribution in [3.8, 4) is 11.5 Å². The molecule has 2 heterocycles. The van der Waals surface area contributed by atoms with Crippen LogP contribution in [0.3, 0.4) is 0 Å². The number of piperidine rings is 1. The maximum Gasteiger partial charge on any atom is 0.410 e. The number of hydrogen-bond acceptors (Lipinski definition) is 5. The fourth-order valence-corrected chi connectivity index (χ4v) is 3.09. The van der Waals surface area contributed by atoms with Gasteiger partial charge in [-0.15, -0.1) is 0 Å². The molecule has 0 aliphatic carbocycles. The quantitative estimate of drug-likeness (QED) is 0.823. The van der Waals surface area contributed by atoms with Gasteiger partial charge < -0.3 is 20.1 Å². The Hall–Kier alpha value is -2.70. The van der Waals surface area contributed by atoms with E-state index in [1.54, 1.807) is 17.2 Å². The highest BCUT2D eigenvalue weighted by atomic mass is 16.6. The molecule has 1 aliphatic heterocycles. The zero-order chi connectivity index (χ0) is 19.4. The van der Waals surface area contributed by atoms with Crippen molar-refractivity contribution >= 4 is 11.8 Å². The minimum Gasteiger partial charge on any atom is -0.452 e. The first-order chi connectivity index (χ1) is 12.8. The van der Waals surface area contributed by atoms with E-state index in [9.17, 15) is 4.79 Å². The number of nitrogens with two attached hydrogens (primary N) is 1. The van der Waals surface area contributed by atoms with Gasteiger partial charge in [0.05, 0.1) is 18.1 Å². The molecule has 1 fully saturated rings. The fraction of sp³-hybridized carbons (Fsp3) is 0.500. The summed E-state index contributed by atoms with van der Waals surface area (Å²) in [5.41, 5.74) is 6.05. The van der Waals surface area contributed by atoms with Crippen LogP contribution in [-0.2, 0) is 11.3 Å². The second-order valence-corrected chi connectivity index (χ2v) is 7.95. The molecular weight excluding hydrogens is 344 g/mol. The molecule has 0 bridgehead atoms. The number of amides is 1. The Morgan fingerprint density at radius 3 is 2.63 bits per heavy atom. The molecule has 1 amide bonds. The molecule has 1 saturated heterocycles. The summed E-state index contributed by atoms with van der Waals surface area (Å²) in [6.07, 6.45) is 5.22. The number of nitrogen functional groups attached to an aromatic ring is 1. The summed E-state index contributed by atoms with van der Waals surface area (Å²) in [5.74, 6) is 1.76. The number of hydrogen-bond donors (Lipinski definition) is 1. The second kappa shape index (κ2) is 7.90. The van der Waals surface area contributed by atoms with Gasteiger partial charge in [-0.2, -0.15) is 5.10 Å². The number of rotatable bonds is 4. The summed E-state index contributed by atoms with van der Waals surface area (Å²) in [5, 5.41) is 4.38. The molecule has 1 aromatic heterocycles. The molecule has 0 unspecified atom stereocenters. The van der Waals surface area contributed by atoms with Gasteiger partial charge in [-0.05, 0) is 51.7 Å². The lowest BCUT2D eigenvalue weighted by atomic mass is 9.97. The number of carbonyl (C=O) groups excluding carboxylic acids is 1. The molecule has 7 heteroatoms. The van der Waals surface area contributed by atoms with Crippen molar-refractivity contribution in [2.75, 3.05) is 18.8 Å². The van der Waals surface area contributed by atoms with E-state index in [4.69, 9.17) is 15.2 Å². The van der Waals surface area contributed by atoms with Gasteiger partial charge >= 0.3 is 6.09 Å². The fourth-order valence-electron chi connectivity index (χ4n) is 3.09. The molecule has 0 radical (unpaired) electrons. The van der Waals surface area contributed by atoms with Gasteiger partial charge in [-0.1, -0.05) is 12.1 Å². The molecular formula is C20H28N4O3. The Balaban J connectivity index is 1.49. The normalized spacial score (nSPS) is 15.6. The summed E-state index contributed by atoms with van der Waals surface area (Å²) in [6.45, 7) is 7.89. The van der Waals surface area contributed by atoms with Crippen molar-refractivity contribution in [3.05, 3.63) is 36.7 Å². The van der Waals surface area contributed by atoms with Gasteiger partial charge in [-0.3, -0.25) is 4.68 Å². The van der Waals surface area contributed by atoms with Gasteiger partial charge in [0.2, 0.25) is 0 Å². The van der Waals surface area contributed by atoms with Crippen LogP contribution in [0.5, 0.6) is 11.5 Å². The van der Waals surface area contributed by atoms with Crippen LogP contribution in [0.2, 0.25) is 0 Å². The van der Waals surface area contributed by atoms with Crippen molar-refractivity contribution in [2.45, 2.75) is 45.8 Å². The molecule has 0 saturated carbocycles. The molecule has 1 aromatic carbocycles. The van der Waals surface area contributed by atoms with Crippen LogP contribution in [0, 0.1) is 5.92 Å². The monoisotopic (exact) mass is 372 g/mol. The predicted molar refractivity (Wildman–Crippen MR) is 104 cm³/mol. The number of ether oxygens (including phenoxy) is 2. The molecule has 3 rings (SSSR count). The Morgan fingerprint density at radius 1 is 1.26 bits per heavy atom. The van der Waals surface area contributed by atoms with Crippen molar-refractivity contribution in [1.29, 1.82) is 0 Å². The van der Waals surface area contributed by atoms with Crippen molar-refractivity contribution < 1.29 is 14.3 Å². The van der Waals surface area contributed by atoms with E-state index in [2.05, 4.69) is 5.10 Å². The Morgan fingerprint density at radius 2 is 1.96 bits per heavy atom. The highest BCUT2D eigenvalue weighted by Gasteiger charge is 2.27. The Bertz CT molecular complexity index is 774. The molecule has 2 aromatic rings. The van der Waals surface area contributed by atoms with Gasteiger partial charge in [-0.25, -0.2) is 4.79 Å². The van der Waals surface area contributed by atoms with E-state index < -0.39 is 5.60 Å². The first-order valence-electron chi connectivity index (χ1n) is 9.33. The lowest BCUT2D eigenvalue weighted by Gasteiger charge is -2.33. The summed E-state index contributed by atoms with van der Waals surface area (Å²) in [7, 11) is 0. The molecule has 27 heavy (non-hydrogen) atoms. The van der Waals surface area contributed by atoms with E-state index in [0.29, 0.717) is 36.2 Å². The highest BCUT2D eigenvalue weighted by molar-refractivity contribution is 5.68. The maximum absolute atomic E-state index is 12.1. The predicted octanol–water partition coefficient (Wildman–Crippen LogP) is 3.90. The van der Waals surface area contributed by atoms with Crippen molar-refractivity contribution in [3.63, 3.8) is 0 Å². The molecule has 1 aliphatic rings. The van der Waals surface area contributed by atoms with Crippen LogP contribution >= 0.6 is 0 Å². The number of para-hydroxylation sites is 2. The number of likely N-dealkylation sites (tertiary alicyclic amines) is 1. The number of carbonyl (C=O) groups is 1. The van der Waals surface area contributed by atoms with Crippen LogP contribution in [0.15, 0.2) is 36.7 Å². The van der Waals surface area contributed by atoms with Crippen LogP contribution in [0.1, 0.15) is 33.6 Å². The molecule has 146 valence electrons. The third-order valence-corrected chi connectivity index (χ3v) is 4.47. The second-order valence-electron chi connectivity index (χ2n) is 7.95. The van der Waals surface area contributed by atoms with Crippen LogP contribution in [-0.4, -0.2) is 39.5 Å². The Kier molecular flexibility index (Phi) is 5.58. The average molecular weight is 372 g/mol. The van der Waals surface area contributed by atoms with Crippen LogP contribution in [0.25, 0.3) is 0 Å². The minimum atomic E-state index is -0.457. The summed E-state index contributed by atoms with van der Waals surface area (Å²) >= 11 is 0. The van der Waals surface area contributed by atoms with Gasteiger partial charge in [0.15, 0.2) is 5.75 Å². The summed E-state index contributed by atoms with van der Waals surface area (Å²) in [6, 6.07) is 7.39. The van der Waals surface area contributed by atoms with Gasteiger partial charge in [0.25, 0.3) is 0 Å². The lowest BCUT2D eigenvalue weighted by molar-refractivity contribution is 0.0177. The average Bonchev–Trinajstić information content (AvgIpc) is 3.03. The third-order valence-electron chi connectivity index (χ3n) is 4.47. The standard InChI is InChI=1S/C20H28N4O3/c1-20(2,3)27-19(25)23-10-8-15(9-11-23)13-24-14-16(12-22-24)26-18-7-5-4-6-17(18)21/h4-7,12,14-15H,8-11,13,21H2,1-3H3. The molecule has 0 spiro atoms. The molecule has 7 nitrogen and oxygen atoms in total. The molecule has 2 N–H and O–H groups in total. The summed E-state index contributed by atoms with van der Waals surface area (Å²) in [4.78, 5) is 13.9. The number of nitrogens with zero attached hydrogens (tertiary/aromatic N) is 3. The number of anilines is 1. The van der Waals surface area contributed by atoms with E-state index >= 15 is 0 Å². The number of benzene rings is 1. The van der Waals surface area contributed by atoms with E-state index in [1.165, 1.54) is 0 Å². The smallest absolute Gasteiger partial charge is 0.410 e. The summed E-state index contributed by atoms with van der Waals surface area (Å²) < 4.78 is 13.1. The first kappa shape index (κ1) is 19.1. The third kappa shape index (κ3) is 5.39. The maximum atomic E-state index is 12.1. The minimum absolute atomic E-state index is 0.226. The van der Waals surface area contributed by atoms with E-state index in [0.717, 1.165) is 19.4 Å². The van der Waals surface area contributed by atoms with Gasteiger partial charge in [0.1, 0.15) is 11.4 Å². The Labute approximate surface area is 160 Å². The first-order valence-corrected chi connectivity index (χ1v) is 9.33.